The van der Waals surface area contributed by atoms with Crippen molar-refractivity contribution in [2.24, 2.45) is 5.92 Å². The highest BCUT2D eigenvalue weighted by atomic mass is 19.1. The topological polar surface area (TPSA) is 23.8 Å². The zero-order chi connectivity index (χ0) is 7.98. The summed E-state index contributed by atoms with van der Waals surface area (Å²) in [5.41, 5.74) is 0. The molecule has 0 fully saturated rings. The van der Waals surface area contributed by atoms with E-state index in [0.717, 1.165) is 6.42 Å². The summed E-state index contributed by atoms with van der Waals surface area (Å²) in [5, 5.41) is 8.43. The van der Waals surface area contributed by atoms with E-state index in [1.54, 1.807) is 0 Å². The standard InChI is InChI=1S/C8H14FN/c1-3-5-8(9)7(4-2)6-10/h7-8H,3-5H2,1-2H3. The Bertz CT molecular complexity index is 117. The van der Waals surface area contributed by atoms with Gasteiger partial charge in [-0.15, -0.1) is 0 Å². The minimum absolute atomic E-state index is 0.389. The third-order valence-corrected chi connectivity index (χ3v) is 1.61. The Balaban J connectivity index is 3.67. The van der Waals surface area contributed by atoms with E-state index in [1.165, 1.54) is 0 Å². The molecular weight excluding hydrogens is 129 g/mol. The highest BCUT2D eigenvalue weighted by Crippen LogP contribution is 2.15. The third kappa shape index (κ3) is 2.82. The minimum atomic E-state index is -0.917. The molecule has 0 aliphatic rings. The number of rotatable bonds is 4. The molecule has 0 saturated heterocycles. The van der Waals surface area contributed by atoms with Crippen molar-refractivity contribution in [1.82, 2.24) is 0 Å². The van der Waals surface area contributed by atoms with E-state index in [-0.39, 0.29) is 5.92 Å². The second-order valence-electron chi connectivity index (χ2n) is 2.45. The molecule has 0 aliphatic carbocycles. The van der Waals surface area contributed by atoms with Crippen LogP contribution in [0.1, 0.15) is 33.1 Å². The van der Waals surface area contributed by atoms with Crippen LogP contribution in [0.2, 0.25) is 0 Å². The summed E-state index contributed by atoms with van der Waals surface area (Å²) in [7, 11) is 0. The summed E-state index contributed by atoms with van der Waals surface area (Å²) >= 11 is 0. The molecule has 0 bridgehead atoms. The maximum Gasteiger partial charge on any atom is 0.116 e. The summed E-state index contributed by atoms with van der Waals surface area (Å²) < 4.78 is 12.8. The first-order valence-electron chi connectivity index (χ1n) is 3.79. The van der Waals surface area contributed by atoms with Crippen molar-refractivity contribution in [3.63, 3.8) is 0 Å². The fourth-order valence-electron chi connectivity index (χ4n) is 0.905. The number of nitriles is 1. The molecule has 0 N–H and O–H groups in total. The maximum absolute atomic E-state index is 12.8. The lowest BCUT2D eigenvalue weighted by Gasteiger charge is -2.09. The quantitative estimate of drug-likeness (QED) is 0.593. The van der Waals surface area contributed by atoms with Gasteiger partial charge in [0.1, 0.15) is 6.17 Å². The molecule has 0 heterocycles. The van der Waals surface area contributed by atoms with Crippen molar-refractivity contribution in [1.29, 1.82) is 5.26 Å². The molecule has 0 spiro atoms. The smallest absolute Gasteiger partial charge is 0.116 e. The zero-order valence-electron chi connectivity index (χ0n) is 6.60. The zero-order valence-corrected chi connectivity index (χ0v) is 6.60. The molecule has 2 atom stereocenters. The van der Waals surface area contributed by atoms with Gasteiger partial charge in [0.25, 0.3) is 0 Å². The first-order chi connectivity index (χ1) is 4.76. The molecule has 58 valence electrons. The average molecular weight is 143 g/mol. The van der Waals surface area contributed by atoms with Crippen LogP contribution in [0, 0.1) is 17.2 Å². The Hall–Kier alpha value is -0.580. The SMILES string of the molecule is CCCC(F)C(C#N)CC. The van der Waals surface area contributed by atoms with E-state index < -0.39 is 6.17 Å². The van der Waals surface area contributed by atoms with Crippen molar-refractivity contribution in [2.75, 3.05) is 0 Å². The molecule has 0 amide bonds. The van der Waals surface area contributed by atoms with Crippen LogP contribution in [0.3, 0.4) is 0 Å². The summed E-state index contributed by atoms with van der Waals surface area (Å²) in [6.07, 6.45) is 1.04. The molecular formula is C8H14FN. The summed E-state index contributed by atoms with van der Waals surface area (Å²) in [6.45, 7) is 3.77. The molecule has 0 rings (SSSR count). The molecule has 0 radical (unpaired) electrons. The lowest BCUT2D eigenvalue weighted by Crippen LogP contribution is -2.12. The first-order valence-corrected chi connectivity index (χ1v) is 3.79. The second-order valence-corrected chi connectivity index (χ2v) is 2.45. The van der Waals surface area contributed by atoms with Gasteiger partial charge in [0.15, 0.2) is 0 Å². The Labute approximate surface area is 61.9 Å². The lowest BCUT2D eigenvalue weighted by molar-refractivity contribution is 0.245. The van der Waals surface area contributed by atoms with Gasteiger partial charge in [-0.1, -0.05) is 20.3 Å². The van der Waals surface area contributed by atoms with Crippen LogP contribution in [0.15, 0.2) is 0 Å². The average Bonchev–Trinajstić information content (AvgIpc) is 1.91. The molecule has 10 heavy (non-hydrogen) atoms. The molecule has 2 unspecified atom stereocenters. The van der Waals surface area contributed by atoms with E-state index in [1.807, 2.05) is 19.9 Å². The Morgan fingerprint density at radius 1 is 1.50 bits per heavy atom. The van der Waals surface area contributed by atoms with Gasteiger partial charge >= 0.3 is 0 Å². The number of alkyl halides is 1. The second kappa shape index (κ2) is 5.22. The molecule has 2 heteroatoms. The normalized spacial score (nSPS) is 15.8. The minimum Gasteiger partial charge on any atom is -0.246 e. The van der Waals surface area contributed by atoms with Crippen LogP contribution in [-0.2, 0) is 0 Å². The van der Waals surface area contributed by atoms with Gasteiger partial charge in [-0.05, 0) is 12.8 Å². The fourth-order valence-corrected chi connectivity index (χ4v) is 0.905. The third-order valence-electron chi connectivity index (χ3n) is 1.61. The van der Waals surface area contributed by atoms with Crippen molar-refractivity contribution >= 4 is 0 Å². The van der Waals surface area contributed by atoms with Crippen LogP contribution in [-0.4, -0.2) is 6.17 Å². The highest BCUT2D eigenvalue weighted by Gasteiger charge is 2.16. The number of hydrogen-bond donors (Lipinski definition) is 0. The Morgan fingerprint density at radius 2 is 2.10 bits per heavy atom. The molecule has 0 aliphatic heterocycles. The van der Waals surface area contributed by atoms with Crippen molar-refractivity contribution in [2.45, 2.75) is 39.3 Å². The van der Waals surface area contributed by atoms with E-state index in [2.05, 4.69) is 0 Å². The highest BCUT2D eigenvalue weighted by molar-refractivity contribution is 4.86. The molecule has 0 aromatic carbocycles. The van der Waals surface area contributed by atoms with Crippen LogP contribution < -0.4 is 0 Å². The predicted octanol–water partition coefficient (Wildman–Crippen LogP) is 2.67. The van der Waals surface area contributed by atoms with E-state index >= 15 is 0 Å². The summed E-state index contributed by atoms with van der Waals surface area (Å²) in [5.74, 6) is -0.389. The summed E-state index contributed by atoms with van der Waals surface area (Å²) in [6, 6.07) is 1.96. The monoisotopic (exact) mass is 143 g/mol. The van der Waals surface area contributed by atoms with Crippen LogP contribution in [0.25, 0.3) is 0 Å². The molecule has 0 aromatic heterocycles. The summed E-state index contributed by atoms with van der Waals surface area (Å²) in [4.78, 5) is 0. The van der Waals surface area contributed by atoms with Gasteiger partial charge in [0, 0.05) is 0 Å². The van der Waals surface area contributed by atoms with Gasteiger partial charge in [0.05, 0.1) is 12.0 Å². The van der Waals surface area contributed by atoms with E-state index in [9.17, 15) is 4.39 Å². The van der Waals surface area contributed by atoms with Gasteiger partial charge in [-0.25, -0.2) is 4.39 Å². The van der Waals surface area contributed by atoms with Crippen LogP contribution >= 0.6 is 0 Å². The first kappa shape index (κ1) is 9.42. The predicted molar refractivity (Wildman–Crippen MR) is 39.2 cm³/mol. The van der Waals surface area contributed by atoms with Gasteiger partial charge in [-0.3, -0.25) is 0 Å². The van der Waals surface area contributed by atoms with Gasteiger partial charge in [-0.2, -0.15) is 5.26 Å². The van der Waals surface area contributed by atoms with Crippen LogP contribution in [0.5, 0.6) is 0 Å². The van der Waals surface area contributed by atoms with Crippen molar-refractivity contribution < 1.29 is 4.39 Å². The Morgan fingerprint density at radius 3 is 2.40 bits per heavy atom. The number of halogens is 1. The largest absolute Gasteiger partial charge is 0.246 e. The molecule has 0 aromatic rings. The van der Waals surface area contributed by atoms with Gasteiger partial charge in [0.2, 0.25) is 0 Å². The van der Waals surface area contributed by atoms with Gasteiger partial charge < -0.3 is 0 Å². The Kier molecular flexibility index (Phi) is 4.92. The van der Waals surface area contributed by atoms with Crippen molar-refractivity contribution in [3.8, 4) is 6.07 Å². The fraction of sp³-hybridized carbons (Fsp3) is 0.875. The lowest BCUT2D eigenvalue weighted by atomic mass is 9.99. The number of nitrogens with zero attached hydrogens (tertiary/aromatic N) is 1. The number of hydrogen-bond acceptors (Lipinski definition) is 1. The van der Waals surface area contributed by atoms with E-state index in [0.29, 0.717) is 12.8 Å². The molecule has 1 nitrogen and oxygen atoms in total. The van der Waals surface area contributed by atoms with E-state index in [4.69, 9.17) is 5.26 Å². The maximum atomic E-state index is 12.8. The van der Waals surface area contributed by atoms with Crippen LogP contribution in [0.4, 0.5) is 4.39 Å². The van der Waals surface area contributed by atoms with Crippen molar-refractivity contribution in [3.05, 3.63) is 0 Å². The molecule has 0 saturated carbocycles.